The van der Waals surface area contributed by atoms with Crippen molar-refractivity contribution in [2.75, 3.05) is 26.7 Å². The van der Waals surface area contributed by atoms with Gasteiger partial charge in [-0.15, -0.1) is 0 Å². The minimum absolute atomic E-state index is 0.00138. The Labute approximate surface area is 167 Å². The third-order valence-electron chi connectivity index (χ3n) is 6.48. The lowest BCUT2D eigenvalue weighted by atomic mass is 9.67. The molecule has 2 aliphatic rings. The van der Waals surface area contributed by atoms with E-state index in [0.29, 0.717) is 0 Å². The van der Waals surface area contributed by atoms with Crippen molar-refractivity contribution in [2.24, 2.45) is 5.41 Å². The standard InChI is InChI=1S/C23H30N4O/c1-3-21-24-14-18(15-25-21)16-27-11-9-23(10-12-27)13-20(22(28)26(2)17-23)19-7-5-4-6-8-19/h4-8,14-15,20H,3,9-13,16-17H2,1-2H3/t20-/m0/s1. The zero-order valence-corrected chi connectivity index (χ0v) is 17.0. The summed E-state index contributed by atoms with van der Waals surface area (Å²) in [6.45, 7) is 6.01. The molecule has 28 heavy (non-hydrogen) atoms. The molecule has 0 radical (unpaired) electrons. The molecular formula is C23H30N4O. The number of carbonyl (C=O) groups is 1. The lowest BCUT2D eigenvalue weighted by Crippen LogP contribution is -2.52. The van der Waals surface area contributed by atoms with Crippen molar-refractivity contribution in [3.05, 3.63) is 59.7 Å². The van der Waals surface area contributed by atoms with Crippen molar-refractivity contribution < 1.29 is 4.79 Å². The summed E-state index contributed by atoms with van der Waals surface area (Å²) in [7, 11) is 1.97. The first-order valence-electron chi connectivity index (χ1n) is 10.4. The number of carbonyl (C=O) groups excluding carboxylic acids is 1. The lowest BCUT2D eigenvalue weighted by molar-refractivity contribution is -0.139. The monoisotopic (exact) mass is 378 g/mol. The number of hydrogen-bond donors (Lipinski definition) is 0. The van der Waals surface area contributed by atoms with Crippen LogP contribution >= 0.6 is 0 Å². The third-order valence-corrected chi connectivity index (χ3v) is 6.48. The van der Waals surface area contributed by atoms with E-state index in [-0.39, 0.29) is 17.2 Å². The number of likely N-dealkylation sites (tertiary alicyclic amines) is 2. The van der Waals surface area contributed by atoms with Gasteiger partial charge < -0.3 is 4.90 Å². The van der Waals surface area contributed by atoms with Gasteiger partial charge >= 0.3 is 0 Å². The predicted octanol–water partition coefficient (Wildman–Crippen LogP) is 3.27. The van der Waals surface area contributed by atoms with Gasteiger partial charge in [0.25, 0.3) is 0 Å². The average molecular weight is 379 g/mol. The number of benzene rings is 1. The molecule has 1 aromatic heterocycles. The van der Waals surface area contributed by atoms with Crippen molar-refractivity contribution in [3.8, 4) is 0 Å². The minimum Gasteiger partial charge on any atom is -0.345 e. The zero-order valence-electron chi connectivity index (χ0n) is 17.0. The van der Waals surface area contributed by atoms with Crippen LogP contribution in [0.15, 0.2) is 42.7 Å². The van der Waals surface area contributed by atoms with Gasteiger partial charge in [-0.2, -0.15) is 0 Å². The summed E-state index contributed by atoms with van der Waals surface area (Å²) in [6, 6.07) is 10.3. The molecule has 2 aromatic rings. The topological polar surface area (TPSA) is 49.3 Å². The van der Waals surface area contributed by atoms with E-state index in [4.69, 9.17) is 0 Å². The van der Waals surface area contributed by atoms with Crippen molar-refractivity contribution in [3.63, 3.8) is 0 Å². The van der Waals surface area contributed by atoms with Crippen molar-refractivity contribution >= 4 is 5.91 Å². The number of aryl methyl sites for hydroxylation is 1. The minimum atomic E-state index is 0.00138. The number of amides is 1. The van der Waals surface area contributed by atoms with E-state index in [1.54, 1.807) is 0 Å². The maximum atomic E-state index is 12.8. The molecule has 2 aliphatic heterocycles. The Bertz CT molecular complexity index is 797. The molecule has 0 N–H and O–H groups in total. The maximum absolute atomic E-state index is 12.8. The molecule has 0 unspecified atom stereocenters. The van der Waals surface area contributed by atoms with Gasteiger partial charge in [0.1, 0.15) is 5.82 Å². The summed E-state index contributed by atoms with van der Waals surface area (Å²) >= 11 is 0. The van der Waals surface area contributed by atoms with E-state index in [1.165, 1.54) is 5.56 Å². The van der Waals surface area contributed by atoms with Crippen molar-refractivity contribution in [1.29, 1.82) is 0 Å². The van der Waals surface area contributed by atoms with E-state index in [2.05, 4.69) is 33.9 Å². The van der Waals surface area contributed by atoms with Crippen LogP contribution in [0.1, 0.15) is 49.1 Å². The van der Waals surface area contributed by atoms with Crippen molar-refractivity contribution in [1.82, 2.24) is 19.8 Å². The van der Waals surface area contributed by atoms with Gasteiger partial charge in [-0.1, -0.05) is 37.3 Å². The summed E-state index contributed by atoms with van der Waals surface area (Å²) in [5, 5.41) is 0. The Hall–Kier alpha value is -2.27. The van der Waals surface area contributed by atoms with E-state index in [0.717, 1.165) is 63.3 Å². The zero-order chi connectivity index (χ0) is 19.6. The molecule has 1 atom stereocenters. The highest BCUT2D eigenvalue weighted by Gasteiger charge is 2.44. The second-order valence-electron chi connectivity index (χ2n) is 8.50. The van der Waals surface area contributed by atoms with Crippen LogP contribution < -0.4 is 0 Å². The molecule has 1 spiro atoms. The van der Waals surface area contributed by atoms with E-state index < -0.39 is 0 Å². The molecular weight excluding hydrogens is 348 g/mol. The van der Waals surface area contributed by atoms with E-state index >= 15 is 0 Å². The van der Waals surface area contributed by atoms with Gasteiger partial charge in [0, 0.05) is 44.5 Å². The second kappa shape index (κ2) is 8.00. The first-order valence-corrected chi connectivity index (χ1v) is 10.4. The van der Waals surface area contributed by atoms with E-state index in [1.807, 2.05) is 42.5 Å². The summed E-state index contributed by atoms with van der Waals surface area (Å²) < 4.78 is 0. The number of aromatic nitrogens is 2. The van der Waals surface area contributed by atoms with Gasteiger partial charge in [0.2, 0.25) is 5.91 Å². The highest BCUT2D eigenvalue weighted by molar-refractivity contribution is 5.84. The molecule has 2 saturated heterocycles. The Balaban J connectivity index is 1.41. The Morgan fingerprint density at radius 1 is 1.11 bits per heavy atom. The Morgan fingerprint density at radius 3 is 2.43 bits per heavy atom. The molecule has 0 bridgehead atoms. The molecule has 4 rings (SSSR count). The molecule has 0 saturated carbocycles. The fourth-order valence-corrected chi connectivity index (χ4v) is 4.83. The van der Waals surface area contributed by atoms with Crippen LogP contribution in [0.5, 0.6) is 0 Å². The van der Waals surface area contributed by atoms with Gasteiger partial charge in [-0.25, -0.2) is 9.97 Å². The SMILES string of the molecule is CCc1ncc(CN2CCC3(CC2)C[C@@H](c2ccccc2)C(=O)N(C)C3)cn1. The van der Waals surface area contributed by atoms with Crippen molar-refractivity contribution in [2.45, 2.75) is 45.1 Å². The summed E-state index contributed by atoms with van der Waals surface area (Å²) in [6.07, 6.45) is 8.07. The summed E-state index contributed by atoms with van der Waals surface area (Å²) in [5.74, 6) is 1.18. The quantitative estimate of drug-likeness (QED) is 0.819. The summed E-state index contributed by atoms with van der Waals surface area (Å²) in [4.78, 5) is 26.1. The molecule has 5 heteroatoms. The van der Waals surface area contributed by atoms with Gasteiger partial charge in [0.05, 0.1) is 5.92 Å². The Morgan fingerprint density at radius 2 is 1.79 bits per heavy atom. The van der Waals surface area contributed by atoms with Crippen LogP contribution in [-0.4, -0.2) is 52.4 Å². The first kappa shape index (κ1) is 19.1. The molecule has 3 heterocycles. The Kier molecular flexibility index (Phi) is 5.44. The van der Waals surface area contributed by atoms with E-state index in [9.17, 15) is 4.79 Å². The number of piperidine rings is 2. The van der Waals surface area contributed by atoms with Crippen LogP contribution in [0.25, 0.3) is 0 Å². The van der Waals surface area contributed by atoms with Gasteiger partial charge in [-0.3, -0.25) is 9.69 Å². The van der Waals surface area contributed by atoms with Gasteiger partial charge in [-0.05, 0) is 43.3 Å². The largest absolute Gasteiger partial charge is 0.345 e. The first-order chi connectivity index (χ1) is 13.6. The molecule has 0 aliphatic carbocycles. The van der Waals surface area contributed by atoms with Gasteiger partial charge in [0.15, 0.2) is 0 Å². The average Bonchev–Trinajstić information content (AvgIpc) is 2.74. The third kappa shape index (κ3) is 3.95. The van der Waals surface area contributed by atoms with Crippen LogP contribution in [0.4, 0.5) is 0 Å². The number of rotatable bonds is 4. The predicted molar refractivity (Wildman–Crippen MR) is 110 cm³/mol. The smallest absolute Gasteiger partial charge is 0.229 e. The molecule has 1 amide bonds. The highest BCUT2D eigenvalue weighted by Crippen LogP contribution is 2.45. The molecule has 1 aromatic carbocycles. The lowest BCUT2D eigenvalue weighted by Gasteiger charge is -2.49. The maximum Gasteiger partial charge on any atom is 0.229 e. The fraction of sp³-hybridized carbons (Fsp3) is 0.522. The van der Waals surface area contributed by atoms with Crippen LogP contribution in [0.2, 0.25) is 0 Å². The van der Waals surface area contributed by atoms with Crippen LogP contribution in [0.3, 0.4) is 0 Å². The molecule has 5 nitrogen and oxygen atoms in total. The van der Waals surface area contributed by atoms with Crippen LogP contribution in [-0.2, 0) is 17.8 Å². The second-order valence-corrected chi connectivity index (χ2v) is 8.50. The number of likely N-dealkylation sites (N-methyl/N-ethyl adjacent to an activating group) is 1. The number of nitrogens with zero attached hydrogens (tertiary/aromatic N) is 4. The molecule has 148 valence electrons. The highest BCUT2D eigenvalue weighted by atomic mass is 16.2. The normalized spacial score (nSPS) is 22.6. The fourth-order valence-electron chi connectivity index (χ4n) is 4.83. The summed E-state index contributed by atoms with van der Waals surface area (Å²) in [5.41, 5.74) is 2.59. The molecule has 2 fully saturated rings. The number of hydrogen-bond acceptors (Lipinski definition) is 4. The van der Waals surface area contributed by atoms with Crippen LogP contribution in [0, 0.1) is 5.41 Å².